The molecular formula is C25H20Cl2F4N2O3. The van der Waals surface area contributed by atoms with Gasteiger partial charge >= 0.3 is 6.18 Å². The van der Waals surface area contributed by atoms with E-state index >= 15 is 0 Å². The summed E-state index contributed by atoms with van der Waals surface area (Å²) in [6.45, 7) is 0.245. The van der Waals surface area contributed by atoms with Gasteiger partial charge in [-0.2, -0.15) is 13.2 Å². The number of carbonyl (C=O) groups is 2. The van der Waals surface area contributed by atoms with Crippen molar-refractivity contribution in [2.24, 2.45) is 11.7 Å². The van der Waals surface area contributed by atoms with Crippen molar-refractivity contribution >= 4 is 35.0 Å². The van der Waals surface area contributed by atoms with Crippen LogP contribution >= 0.6 is 23.2 Å². The second kappa shape index (κ2) is 11.6. The van der Waals surface area contributed by atoms with Crippen LogP contribution in [0.3, 0.4) is 0 Å². The number of hydrogen-bond acceptors (Lipinski definition) is 3. The largest absolute Gasteiger partial charge is 0.492 e. The van der Waals surface area contributed by atoms with Crippen LogP contribution in [0.4, 0.5) is 17.6 Å². The molecule has 3 aromatic rings. The number of amides is 2. The van der Waals surface area contributed by atoms with Crippen molar-refractivity contribution in [2.75, 3.05) is 6.61 Å². The van der Waals surface area contributed by atoms with Crippen LogP contribution in [0.2, 0.25) is 10.0 Å². The number of primary amides is 1. The maximum absolute atomic E-state index is 12.9. The number of para-hydroxylation sites is 1. The maximum atomic E-state index is 12.9. The molecule has 0 radical (unpaired) electrons. The smallest absolute Gasteiger partial charge is 0.417 e. The fourth-order valence-corrected chi connectivity index (χ4v) is 3.72. The van der Waals surface area contributed by atoms with Crippen LogP contribution in [0.5, 0.6) is 5.75 Å². The van der Waals surface area contributed by atoms with Crippen molar-refractivity contribution in [3.63, 3.8) is 0 Å². The van der Waals surface area contributed by atoms with Crippen LogP contribution < -0.4 is 15.8 Å². The molecule has 0 saturated carbocycles. The lowest BCUT2D eigenvalue weighted by Gasteiger charge is -2.24. The molecule has 1 aliphatic heterocycles. The number of nitrogens with one attached hydrogen (secondary N) is 1. The van der Waals surface area contributed by atoms with Gasteiger partial charge in [0.05, 0.1) is 21.5 Å². The Morgan fingerprint density at radius 3 is 2.39 bits per heavy atom. The first-order valence-electron chi connectivity index (χ1n) is 10.5. The van der Waals surface area contributed by atoms with Gasteiger partial charge in [0.15, 0.2) is 0 Å². The van der Waals surface area contributed by atoms with Gasteiger partial charge in [-0.05, 0) is 53.9 Å². The third-order valence-electron chi connectivity index (χ3n) is 5.26. The summed E-state index contributed by atoms with van der Waals surface area (Å²) in [6.07, 6.45) is -3.99. The van der Waals surface area contributed by atoms with Gasteiger partial charge in [0.25, 0.3) is 0 Å². The second-order valence-corrected chi connectivity index (χ2v) is 8.66. The fraction of sp³-hybridized carbons (Fsp3) is 0.200. The molecule has 1 heterocycles. The van der Waals surface area contributed by atoms with Gasteiger partial charge in [-0.3, -0.25) is 9.59 Å². The Bertz CT molecular complexity index is 1270. The summed E-state index contributed by atoms with van der Waals surface area (Å²) in [5, 5.41) is 2.29. The molecule has 3 N–H and O–H groups in total. The van der Waals surface area contributed by atoms with E-state index in [0.717, 1.165) is 23.4 Å². The highest BCUT2D eigenvalue weighted by atomic mass is 35.5. The first-order valence-corrected chi connectivity index (χ1v) is 11.3. The van der Waals surface area contributed by atoms with E-state index in [1.807, 2.05) is 24.3 Å². The van der Waals surface area contributed by atoms with E-state index < -0.39 is 23.5 Å². The number of alkyl halides is 3. The highest BCUT2D eigenvalue weighted by Gasteiger charge is 2.33. The minimum absolute atomic E-state index is 0.00275. The molecule has 0 spiro atoms. The summed E-state index contributed by atoms with van der Waals surface area (Å²) in [7, 11) is 0. The van der Waals surface area contributed by atoms with E-state index in [0.29, 0.717) is 12.0 Å². The fourth-order valence-electron chi connectivity index (χ4n) is 3.38. The number of hydrogen-bond donors (Lipinski definition) is 2. The van der Waals surface area contributed by atoms with E-state index in [4.69, 9.17) is 33.7 Å². The van der Waals surface area contributed by atoms with Crippen molar-refractivity contribution in [2.45, 2.75) is 19.1 Å². The van der Waals surface area contributed by atoms with Gasteiger partial charge in [0.1, 0.15) is 18.2 Å². The molecule has 0 bridgehead atoms. The van der Waals surface area contributed by atoms with Gasteiger partial charge in [-0.15, -0.1) is 0 Å². The van der Waals surface area contributed by atoms with Gasteiger partial charge in [0, 0.05) is 12.1 Å². The lowest BCUT2D eigenvalue weighted by atomic mass is 9.96. The number of rotatable bonds is 4. The Balaban J connectivity index is 0.000000275. The van der Waals surface area contributed by atoms with Crippen molar-refractivity contribution in [3.05, 3.63) is 98.8 Å². The predicted octanol–water partition coefficient (Wildman–Crippen LogP) is 5.80. The van der Waals surface area contributed by atoms with Crippen molar-refractivity contribution < 1.29 is 31.9 Å². The predicted molar refractivity (Wildman–Crippen MR) is 127 cm³/mol. The van der Waals surface area contributed by atoms with E-state index in [1.165, 1.54) is 24.3 Å². The Morgan fingerprint density at radius 2 is 1.72 bits per heavy atom. The summed E-state index contributed by atoms with van der Waals surface area (Å²) in [5.74, 6) is -1.16. The standard InChI is InChI=1S/C18H15ClF3NO2.C7H5ClFNO/c19-15-6-5-11(7-14(15)18(20,21)22)9-23-17(24)13-8-12-3-1-2-4-16(12)25-10-13;8-5-2-1-4(7(10)11)3-6(5)9/h1-7,13H,8-10H2,(H,23,24);1-3H,(H2,10,11). The topological polar surface area (TPSA) is 81.4 Å². The molecule has 0 saturated heterocycles. The molecule has 1 aliphatic rings. The summed E-state index contributed by atoms with van der Waals surface area (Å²) in [6, 6.07) is 14.7. The number of nitrogens with two attached hydrogens (primary N) is 1. The van der Waals surface area contributed by atoms with Crippen LogP contribution in [0.1, 0.15) is 27.0 Å². The number of halogens is 6. The average molecular weight is 543 g/mol. The molecule has 36 heavy (non-hydrogen) atoms. The summed E-state index contributed by atoms with van der Waals surface area (Å²) in [4.78, 5) is 22.8. The molecule has 1 atom stereocenters. The van der Waals surface area contributed by atoms with Crippen LogP contribution in [-0.2, 0) is 23.9 Å². The summed E-state index contributed by atoms with van der Waals surface area (Å²) in [5.41, 5.74) is 5.37. The van der Waals surface area contributed by atoms with Crippen molar-refractivity contribution in [1.29, 1.82) is 0 Å². The SMILES string of the molecule is NC(=O)c1ccc(Cl)c(F)c1.O=C(NCc1ccc(Cl)c(C(F)(F)F)c1)C1COc2ccccc2C1. The van der Waals surface area contributed by atoms with Crippen LogP contribution in [0.25, 0.3) is 0 Å². The van der Waals surface area contributed by atoms with Crippen LogP contribution in [-0.4, -0.2) is 18.4 Å². The Kier molecular flexibility index (Phi) is 8.81. The molecule has 1 unspecified atom stereocenters. The van der Waals surface area contributed by atoms with E-state index in [1.54, 1.807) is 0 Å². The number of ether oxygens (including phenoxy) is 1. The minimum Gasteiger partial charge on any atom is -0.492 e. The monoisotopic (exact) mass is 542 g/mol. The number of fused-ring (bicyclic) bond motifs is 1. The zero-order valence-corrected chi connectivity index (χ0v) is 20.1. The van der Waals surface area contributed by atoms with Crippen molar-refractivity contribution in [3.8, 4) is 5.75 Å². The number of benzene rings is 3. The number of carbonyl (C=O) groups excluding carboxylic acids is 2. The quantitative estimate of drug-likeness (QED) is 0.408. The average Bonchev–Trinajstić information content (AvgIpc) is 2.84. The molecule has 2 amide bonds. The van der Waals surface area contributed by atoms with Gasteiger partial charge in [-0.1, -0.05) is 47.5 Å². The zero-order chi connectivity index (χ0) is 26.5. The highest BCUT2D eigenvalue weighted by molar-refractivity contribution is 6.31. The third kappa shape index (κ3) is 7.11. The van der Waals surface area contributed by atoms with Crippen LogP contribution in [0, 0.1) is 11.7 Å². The Hall–Kier alpha value is -3.30. The third-order valence-corrected chi connectivity index (χ3v) is 5.89. The lowest BCUT2D eigenvalue weighted by Crippen LogP contribution is -2.37. The van der Waals surface area contributed by atoms with Gasteiger partial charge in [-0.25, -0.2) is 4.39 Å². The normalized spacial score (nSPS) is 14.6. The minimum atomic E-state index is -4.53. The maximum Gasteiger partial charge on any atom is 0.417 e. The molecule has 5 nitrogen and oxygen atoms in total. The summed E-state index contributed by atoms with van der Waals surface area (Å²) >= 11 is 10.9. The van der Waals surface area contributed by atoms with Crippen LogP contribution in [0.15, 0.2) is 60.7 Å². The Morgan fingerprint density at radius 1 is 1.03 bits per heavy atom. The molecule has 190 valence electrons. The Labute approximate surface area is 214 Å². The first kappa shape index (κ1) is 27.3. The molecule has 0 aromatic heterocycles. The molecular weight excluding hydrogens is 523 g/mol. The molecule has 3 aromatic carbocycles. The second-order valence-electron chi connectivity index (χ2n) is 7.84. The molecule has 0 fully saturated rings. The summed E-state index contributed by atoms with van der Waals surface area (Å²) < 4.78 is 56.8. The zero-order valence-electron chi connectivity index (χ0n) is 18.5. The van der Waals surface area contributed by atoms with Crippen molar-refractivity contribution in [1.82, 2.24) is 5.32 Å². The van der Waals surface area contributed by atoms with Gasteiger partial charge in [0.2, 0.25) is 11.8 Å². The highest BCUT2D eigenvalue weighted by Crippen LogP contribution is 2.35. The van der Waals surface area contributed by atoms with Gasteiger partial charge < -0.3 is 15.8 Å². The molecule has 11 heteroatoms. The van der Waals surface area contributed by atoms with E-state index in [2.05, 4.69) is 5.32 Å². The molecule has 0 aliphatic carbocycles. The van der Waals surface area contributed by atoms with E-state index in [9.17, 15) is 27.2 Å². The molecule has 4 rings (SSSR count). The first-order chi connectivity index (χ1) is 17.0. The van der Waals surface area contributed by atoms with E-state index in [-0.39, 0.29) is 40.6 Å². The lowest BCUT2D eigenvalue weighted by molar-refractivity contribution is -0.137.